The second kappa shape index (κ2) is 6.37. The van der Waals surface area contributed by atoms with E-state index in [1.165, 1.54) is 0 Å². The first kappa shape index (κ1) is 15.0. The zero-order valence-electron chi connectivity index (χ0n) is 12.5. The molecule has 20 heavy (non-hydrogen) atoms. The van der Waals surface area contributed by atoms with Crippen LogP contribution in [0.5, 0.6) is 0 Å². The van der Waals surface area contributed by atoms with Gasteiger partial charge in [0.25, 0.3) is 0 Å². The number of aryl methyl sites for hydroxylation is 1. The largest absolute Gasteiger partial charge is 0.380 e. The van der Waals surface area contributed by atoms with E-state index in [0.29, 0.717) is 13.2 Å². The van der Waals surface area contributed by atoms with E-state index >= 15 is 0 Å². The molecule has 2 aromatic rings. The van der Waals surface area contributed by atoms with E-state index in [0.717, 1.165) is 22.5 Å². The van der Waals surface area contributed by atoms with Gasteiger partial charge in [-0.3, -0.25) is 4.79 Å². The lowest BCUT2D eigenvalue weighted by Gasteiger charge is -2.18. The highest BCUT2D eigenvalue weighted by atomic mass is 32.1. The van der Waals surface area contributed by atoms with Crippen LogP contribution in [0.4, 0.5) is 0 Å². The molecular weight excluding hydrogens is 270 g/mol. The van der Waals surface area contributed by atoms with Gasteiger partial charge in [-0.2, -0.15) is 11.3 Å². The molecule has 0 radical (unpaired) electrons. The van der Waals surface area contributed by atoms with Crippen molar-refractivity contribution in [3.63, 3.8) is 0 Å². The number of aromatic nitrogens is 1. The Kier molecular flexibility index (Phi) is 4.78. The van der Waals surface area contributed by atoms with Crippen LogP contribution in [-0.2, 0) is 4.74 Å². The molecule has 0 aliphatic heterocycles. The fraction of sp³-hybridized carbons (Fsp3) is 0.438. The summed E-state index contributed by atoms with van der Waals surface area (Å²) >= 11 is 1.55. The smallest absolute Gasteiger partial charge is 0.195 e. The molecule has 2 heterocycles. The molecule has 2 rings (SSSR count). The van der Waals surface area contributed by atoms with Crippen molar-refractivity contribution in [1.82, 2.24) is 4.57 Å². The standard InChI is InChI=1S/C16H21NO2S/c1-5-19-9-12(3)17-11(2)8-15(13(17)4)16(18)14-6-7-20-10-14/h6-8,10,12H,5,9H2,1-4H3. The third-order valence-electron chi connectivity index (χ3n) is 3.52. The number of ketones is 1. The maximum Gasteiger partial charge on any atom is 0.195 e. The Labute approximate surface area is 124 Å². The van der Waals surface area contributed by atoms with Crippen LogP contribution in [-0.4, -0.2) is 23.6 Å². The van der Waals surface area contributed by atoms with Gasteiger partial charge in [0, 0.05) is 34.5 Å². The third kappa shape index (κ3) is 2.86. The molecule has 1 atom stereocenters. The summed E-state index contributed by atoms with van der Waals surface area (Å²) in [7, 11) is 0. The number of carbonyl (C=O) groups excluding carboxylic acids is 1. The highest BCUT2D eigenvalue weighted by Gasteiger charge is 2.20. The number of hydrogen-bond donors (Lipinski definition) is 0. The molecule has 0 amide bonds. The number of rotatable bonds is 6. The van der Waals surface area contributed by atoms with Crippen molar-refractivity contribution in [2.75, 3.05) is 13.2 Å². The van der Waals surface area contributed by atoms with Crippen molar-refractivity contribution >= 4 is 17.1 Å². The average Bonchev–Trinajstić information content (AvgIpc) is 3.04. The van der Waals surface area contributed by atoms with Crippen molar-refractivity contribution < 1.29 is 9.53 Å². The molecule has 0 aliphatic carbocycles. The Balaban J connectivity index is 2.31. The summed E-state index contributed by atoms with van der Waals surface area (Å²) in [6.07, 6.45) is 0. The van der Waals surface area contributed by atoms with Crippen molar-refractivity contribution in [2.45, 2.75) is 33.7 Å². The first-order valence-electron chi connectivity index (χ1n) is 6.89. The lowest BCUT2D eigenvalue weighted by atomic mass is 10.1. The summed E-state index contributed by atoms with van der Waals surface area (Å²) in [6.45, 7) is 9.54. The van der Waals surface area contributed by atoms with E-state index in [9.17, 15) is 4.79 Å². The third-order valence-corrected chi connectivity index (χ3v) is 4.20. The van der Waals surface area contributed by atoms with Crippen molar-refractivity contribution in [3.05, 3.63) is 45.4 Å². The van der Waals surface area contributed by atoms with Crippen LogP contribution < -0.4 is 0 Å². The van der Waals surface area contributed by atoms with Gasteiger partial charge in [-0.25, -0.2) is 0 Å². The monoisotopic (exact) mass is 291 g/mol. The Hall–Kier alpha value is -1.39. The number of ether oxygens (including phenoxy) is 1. The van der Waals surface area contributed by atoms with Gasteiger partial charge in [0.2, 0.25) is 0 Å². The highest BCUT2D eigenvalue weighted by molar-refractivity contribution is 7.08. The van der Waals surface area contributed by atoms with E-state index in [1.54, 1.807) is 11.3 Å². The Morgan fingerprint density at radius 1 is 1.45 bits per heavy atom. The fourth-order valence-electron chi connectivity index (χ4n) is 2.60. The maximum atomic E-state index is 12.5. The molecule has 0 spiro atoms. The van der Waals surface area contributed by atoms with Crippen LogP contribution in [0.3, 0.4) is 0 Å². The first-order valence-corrected chi connectivity index (χ1v) is 7.83. The first-order chi connectivity index (χ1) is 9.56. The zero-order chi connectivity index (χ0) is 14.7. The van der Waals surface area contributed by atoms with Crippen LogP contribution in [0.1, 0.15) is 47.2 Å². The molecule has 2 aromatic heterocycles. The van der Waals surface area contributed by atoms with Crippen molar-refractivity contribution in [1.29, 1.82) is 0 Å². The molecule has 0 N–H and O–H groups in total. The minimum atomic E-state index is 0.106. The lowest BCUT2D eigenvalue weighted by molar-refractivity contribution is 0.103. The zero-order valence-corrected chi connectivity index (χ0v) is 13.3. The SMILES string of the molecule is CCOCC(C)n1c(C)cc(C(=O)c2ccsc2)c1C. The van der Waals surface area contributed by atoms with Gasteiger partial charge in [-0.1, -0.05) is 0 Å². The van der Waals surface area contributed by atoms with Gasteiger partial charge >= 0.3 is 0 Å². The molecule has 4 heteroatoms. The normalized spacial score (nSPS) is 12.6. The quantitative estimate of drug-likeness (QED) is 0.753. The number of nitrogens with zero attached hydrogens (tertiary/aromatic N) is 1. The number of thiophene rings is 1. The van der Waals surface area contributed by atoms with Crippen molar-refractivity contribution in [2.24, 2.45) is 0 Å². The van der Waals surface area contributed by atoms with Gasteiger partial charge in [0.1, 0.15) is 0 Å². The molecule has 0 aromatic carbocycles. The lowest BCUT2D eigenvalue weighted by Crippen LogP contribution is -2.15. The van der Waals surface area contributed by atoms with E-state index in [1.807, 2.05) is 43.7 Å². The molecule has 0 bridgehead atoms. The topological polar surface area (TPSA) is 31.2 Å². The van der Waals surface area contributed by atoms with Gasteiger partial charge in [-0.05, 0) is 45.2 Å². The van der Waals surface area contributed by atoms with Gasteiger partial charge in [0.05, 0.1) is 12.6 Å². The molecule has 0 saturated carbocycles. The van der Waals surface area contributed by atoms with Crippen LogP contribution >= 0.6 is 11.3 Å². The summed E-state index contributed by atoms with van der Waals surface area (Å²) in [5.41, 5.74) is 3.69. The van der Waals surface area contributed by atoms with Crippen LogP contribution in [0.15, 0.2) is 22.9 Å². The van der Waals surface area contributed by atoms with Crippen LogP contribution in [0.25, 0.3) is 0 Å². The Bertz CT molecular complexity index is 584. The second-order valence-electron chi connectivity index (χ2n) is 5.00. The minimum absolute atomic E-state index is 0.106. The van der Waals surface area contributed by atoms with Gasteiger partial charge in [0.15, 0.2) is 5.78 Å². The average molecular weight is 291 g/mol. The fourth-order valence-corrected chi connectivity index (χ4v) is 3.23. The van der Waals surface area contributed by atoms with Crippen LogP contribution in [0, 0.1) is 13.8 Å². The summed E-state index contributed by atoms with van der Waals surface area (Å²) in [6, 6.07) is 4.10. The Morgan fingerprint density at radius 3 is 2.80 bits per heavy atom. The maximum absolute atomic E-state index is 12.5. The van der Waals surface area contributed by atoms with Gasteiger partial charge in [-0.15, -0.1) is 0 Å². The molecule has 0 fully saturated rings. The summed E-state index contributed by atoms with van der Waals surface area (Å²) in [5, 5.41) is 3.84. The second-order valence-corrected chi connectivity index (χ2v) is 5.78. The Morgan fingerprint density at radius 2 is 2.20 bits per heavy atom. The summed E-state index contributed by atoms with van der Waals surface area (Å²) in [5.74, 6) is 0.106. The minimum Gasteiger partial charge on any atom is -0.380 e. The van der Waals surface area contributed by atoms with E-state index in [4.69, 9.17) is 4.74 Å². The van der Waals surface area contributed by atoms with E-state index in [2.05, 4.69) is 11.5 Å². The summed E-state index contributed by atoms with van der Waals surface area (Å²) in [4.78, 5) is 12.5. The molecule has 0 aliphatic rings. The predicted octanol–water partition coefficient (Wildman–Crippen LogP) is 3.99. The molecule has 108 valence electrons. The van der Waals surface area contributed by atoms with E-state index in [-0.39, 0.29) is 11.8 Å². The number of hydrogen-bond acceptors (Lipinski definition) is 3. The van der Waals surface area contributed by atoms with Gasteiger partial charge < -0.3 is 9.30 Å². The van der Waals surface area contributed by atoms with Crippen molar-refractivity contribution in [3.8, 4) is 0 Å². The molecule has 0 saturated heterocycles. The number of carbonyl (C=O) groups is 1. The molecule has 1 unspecified atom stereocenters. The predicted molar refractivity (Wildman–Crippen MR) is 82.9 cm³/mol. The summed E-state index contributed by atoms with van der Waals surface area (Å²) < 4.78 is 7.69. The van der Waals surface area contributed by atoms with E-state index < -0.39 is 0 Å². The van der Waals surface area contributed by atoms with Crippen LogP contribution in [0.2, 0.25) is 0 Å². The highest BCUT2D eigenvalue weighted by Crippen LogP contribution is 2.23. The molecular formula is C16H21NO2S. The molecule has 3 nitrogen and oxygen atoms in total.